The summed E-state index contributed by atoms with van der Waals surface area (Å²) in [6.07, 6.45) is 3.38. The highest BCUT2D eigenvalue weighted by Gasteiger charge is 2.22. The van der Waals surface area contributed by atoms with E-state index in [2.05, 4.69) is 20.6 Å². The van der Waals surface area contributed by atoms with Crippen LogP contribution in [0.4, 0.5) is 16.2 Å². The van der Waals surface area contributed by atoms with Crippen molar-refractivity contribution in [1.29, 1.82) is 0 Å². The summed E-state index contributed by atoms with van der Waals surface area (Å²) in [6, 6.07) is 0.342. The van der Waals surface area contributed by atoms with Crippen molar-refractivity contribution in [1.82, 2.24) is 15.3 Å². The van der Waals surface area contributed by atoms with Gasteiger partial charge in [-0.2, -0.15) is 4.98 Å². The zero-order chi connectivity index (χ0) is 12.3. The predicted molar refractivity (Wildman–Crippen MR) is 60.7 cm³/mol. The Morgan fingerprint density at radius 1 is 1.59 bits per heavy atom. The second-order valence-corrected chi connectivity index (χ2v) is 3.94. The summed E-state index contributed by atoms with van der Waals surface area (Å²) in [6.45, 7) is 0.311. The van der Waals surface area contributed by atoms with Gasteiger partial charge in [0.05, 0.1) is 6.20 Å². The first-order valence-electron chi connectivity index (χ1n) is 5.46. The molecule has 7 heteroatoms. The first-order chi connectivity index (χ1) is 8.15. The van der Waals surface area contributed by atoms with E-state index in [0.29, 0.717) is 12.6 Å². The number of carbonyl (C=O) groups is 1. The van der Waals surface area contributed by atoms with E-state index in [-0.39, 0.29) is 24.1 Å². The van der Waals surface area contributed by atoms with Crippen molar-refractivity contribution in [2.24, 2.45) is 0 Å². The molecule has 1 fully saturated rings. The van der Waals surface area contributed by atoms with Crippen LogP contribution in [0.3, 0.4) is 0 Å². The highest BCUT2D eigenvalue weighted by Crippen LogP contribution is 2.18. The van der Waals surface area contributed by atoms with Gasteiger partial charge in [0, 0.05) is 19.0 Å². The van der Waals surface area contributed by atoms with Crippen molar-refractivity contribution in [3.63, 3.8) is 0 Å². The number of hydrogen-bond donors (Lipinski definition) is 3. The Balaban J connectivity index is 1.76. The lowest BCUT2D eigenvalue weighted by Gasteiger charge is -2.07. The minimum atomic E-state index is -0.582. The summed E-state index contributed by atoms with van der Waals surface area (Å²) in [5.74, 6) is -0.600. The lowest BCUT2D eigenvalue weighted by atomic mass is 10.4. The molecule has 92 valence electrons. The highest BCUT2D eigenvalue weighted by atomic mass is 19.1. The fourth-order valence-corrected chi connectivity index (χ4v) is 1.33. The van der Waals surface area contributed by atoms with Gasteiger partial charge in [-0.15, -0.1) is 0 Å². The minimum Gasteiger partial charge on any atom is -0.368 e. The maximum absolute atomic E-state index is 13.2. The first-order valence-corrected chi connectivity index (χ1v) is 5.46. The van der Waals surface area contributed by atoms with Gasteiger partial charge >= 0.3 is 0 Å². The molecule has 1 aliphatic carbocycles. The van der Waals surface area contributed by atoms with Gasteiger partial charge in [-0.25, -0.2) is 9.37 Å². The van der Waals surface area contributed by atoms with E-state index in [1.165, 1.54) is 0 Å². The van der Waals surface area contributed by atoms with E-state index >= 15 is 0 Å². The predicted octanol–water partition coefficient (Wildman–Crippen LogP) is 0.278. The third kappa shape index (κ3) is 3.54. The summed E-state index contributed by atoms with van der Waals surface area (Å²) >= 11 is 0. The zero-order valence-corrected chi connectivity index (χ0v) is 9.24. The first kappa shape index (κ1) is 11.6. The molecule has 1 amide bonds. The SMILES string of the molecule is Nc1ncc(F)c(NCCC(=O)NC2CC2)n1. The minimum absolute atomic E-state index is 0.00340. The third-order valence-electron chi connectivity index (χ3n) is 2.35. The van der Waals surface area contributed by atoms with Crippen molar-refractivity contribution < 1.29 is 9.18 Å². The Morgan fingerprint density at radius 2 is 2.35 bits per heavy atom. The molecule has 1 aromatic heterocycles. The normalized spacial score (nSPS) is 14.4. The van der Waals surface area contributed by atoms with Crippen molar-refractivity contribution in [3.05, 3.63) is 12.0 Å². The highest BCUT2D eigenvalue weighted by molar-refractivity contribution is 5.77. The number of hydrogen-bond acceptors (Lipinski definition) is 5. The fourth-order valence-electron chi connectivity index (χ4n) is 1.33. The molecular weight excluding hydrogens is 225 g/mol. The number of nitrogens with one attached hydrogen (secondary N) is 2. The number of nitrogens with zero attached hydrogens (tertiary/aromatic N) is 2. The molecule has 0 atom stereocenters. The van der Waals surface area contributed by atoms with Gasteiger partial charge in [-0.3, -0.25) is 4.79 Å². The molecule has 0 bridgehead atoms. The van der Waals surface area contributed by atoms with Crippen molar-refractivity contribution >= 4 is 17.7 Å². The molecule has 1 aromatic rings. The number of rotatable bonds is 5. The van der Waals surface area contributed by atoms with Crippen molar-refractivity contribution in [3.8, 4) is 0 Å². The summed E-state index contributed by atoms with van der Waals surface area (Å²) in [5.41, 5.74) is 5.33. The molecule has 1 aliphatic rings. The molecular formula is C10H14FN5O. The van der Waals surface area contributed by atoms with Gasteiger partial charge in [-0.05, 0) is 12.8 Å². The number of nitrogen functional groups attached to an aromatic ring is 1. The van der Waals surface area contributed by atoms with E-state index in [9.17, 15) is 9.18 Å². The van der Waals surface area contributed by atoms with Crippen LogP contribution in [-0.2, 0) is 4.79 Å². The Morgan fingerprint density at radius 3 is 3.06 bits per heavy atom. The number of anilines is 2. The van der Waals surface area contributed by atoms with E-state index in [4.69, 9.17) is 5.73 Å². The van der Waals surface area contributed by atoms with Crippen LogP contribution in [0.25, 0.3) is 0 Å². The standard InChI is InChI=1S/C10H14FN5O/c11-7-5-14-10(12)16-9(7)13-4-3-8(17)15-6-1-2-6/h5-6H,1-4H2,(H,15,17)(H3,12,13,14,16). The summed E-state index contributed by atoms with van der Waals surface area (Å²) in [5, 5.41) is 5.55. The van der Waals surface area contributed by atoms with Crippen LogP contribution in [0.1, 0.15) is 19.3 Å². The molecule has 0 spiro atoms. The van der Waals surface area contributed by atoms with Crippen LogP contribution < -0.4 is 16.4 Å². The van der Waals surface area contributed by atoms with Gasteiger partial charge in [0.25, 0.3) is 0 Å². The van der Waals surface area contributed by atoms with Crippen LogP contribution in [0.5, 0.6) is 0 Å². The molecule has 0 radical (unpaired) electrons. The van der Waals surface area contributed by atoms with E-state index in [1.807, 2.05) is 0 Å². The number of carbonyl (C=O) groups excluding carboxylic acids is 1. The average Bonchev–Trinajstić information content (AvgIpc) is 3.07. The Kier molecular flexibility index (Phi) is 3.36. The number of nitrogens with two attached hydrogens (primary N) is 1. The summed E-state index contributed by atoms with van der Waals surface area (Å²) < 4.78 is 13.2. The number of amides is 1. The third-order valence-corrected chi connectivity index (χ3v) is 2.35. The van der Waals surface area contributed by atoms with Gasteiger partial charge in [0.2, 0.25) is 11.9 Å². The van der Waals surface area contributed by atoms with E-state index < -0.39 is 5.82 Å². The Hall–Kier alpha value is -1.92. The molecule has 2 rings (SSSR count). The monoisotopic (exact) mass is 239 g/mol. The average molecular weight is 239 g/mol. The van der Waals surface area contributed by atoms with Crippen LogP contribution in [-0.4, -0.2) is 28.5 Å². The molecule has 17 heavy (non-hydrogen) atoms. The van der Waals surface area contributed by atoms with E-state index in [1.54, 1.807) is 0 Å². The molecule has 1 heterocycles. The molecule has 0 unspecified atom stereocenters. The Bertz CT molecular complexity index is 421. The van der Waals surface area contributed by atoms with Gasteiger partial charge in [0.15, 0.2) is 11.6 Å². The summed E-state index contributed by atoms with van der Waals surface area (Å²) in [7, 11) is 0. The fraction of sp³-hybridized carbons (Fsp3) is 0.500. The maximum Gasteiger partial charge on any atom is 0.222 e. The smallest absolute Gasteiger partial charge is 0.222 e. The molecule has 0 aromatic carbocycles. The number of aromatic nitrogens is 2. The number of halogens is 1. The second-order valence-electron chi connectivity index (χ2n) is 3.94. The van der Waals surface area contributed by atoms with Gasteiger partial charge < -0.3 is 16.4 Å². The lowest BCUT2D eigenvalue weighted by Crippen LogP contribution is -2.27. The maximum atomic E-state index is 13.2. The largest absolute Gasteiger partial charge is 0.368 e. The molecule has 4 N–H and O–H groups in total. The van der Waals surface area contributed by atoms with Crippen molar-refractivity contribution in [2.75, 3.05) is 17.6 Å². The topological polar surface area (TPSA) is 92.9 Å². The van der Waals surface area contributed by atoms with Crippen LogP contribution in [0, 0.1) is 5.82 Å². The van der Waals surface area contributed by atoms with Crippen molar-refractivity contribution in [2.45, 2.75) is 25.3 Å². The van der Waals surface area contributed by atoms with Crippen LogP contribution >= 0.6 is 0 Å². The quantitative estimate of drug-likeness (QED) is 0.686. The van der Waals surface area contributed by atoms with Gasteiger partial charge in [0.1, 0.15) is 0 Å². The van der Waals surface area contributed by atoms with Gasteiger partial charge in [-0.1, -0.05) is 0 Å². The van der Waals surface area contributed by atoms with Crippen LogP contribution in [0.2, 0.25) is 0 Å². The Labute approximate surface area is 97.8 Å². The lowest BCUT2D eigenvalue weighted by molar-refractivity contribution is -0.120. The summed E-state index contributed by atoms with van der Waals surface area (Å²) in [4.78, 5) is 18.5. The molecule has 1 saturated carbocycles. The van der Waals surface area contributed by atoms with E-state index in [0.717, 1.165) is 19.0 Å². The van der Waals surface area contributed by atoms with Crippen LogP contribution in [0.15, 0.2) is 6.20 Å². The second kappa shape index (κ2) is 4.94. The molecule has 0 aliphatic heterocycles. The molecule has 6 nitrogen and oxygen atoms in total. The molecule has 0 saturated heterocycles. The zero-order valence-electron chi connectivity index (χ0n) is 9.24.